The minimum atomic E-state index is -5.19. The van der Waals surface area contributed by atoms with Crippen molar-refractivity contribution < 1.29 is 45.5 Å². The Kier molecular flexibility index (Phi) is 10.7. The van der Waals surface area contributed by atoms with Gasteiger partial charge in [-0.05, 0) is 68.1 Å². The fourth-order valence-electron chi connectivity index (χ4n) is 6.10. The number of halogens is 6. The molecular formula is C34H36F6N6O5. The molecule has 11 nitrogen and oxygen atoms in total. The molecule has 5 rings (SSSR count). The first-order valence-electron chi connectivity index (χ1n) is 16.0. The van der Waals surface area contributed by atoms with E-state index in [2.05, 4.69) is 26.0 Å². The van der Waals surface area contributed by atoms with E-state index in [1.165, 1.54) is 36.0 Å². The quantitative estimate of drug-likeness (QED) is 0.137. The predicted molar refractivity (Wildman–Crippen MR) is 175 cm³/mol. The number of benzene rings is 2. The van der Waals surface area contributed by atoms with Crippen LogP contribution in [0.4, 0.5) is 37.7 Å². The molecule has 0 radical (unpaired) electrons. The van der Waals surface area contributed by atoms with Gasteiger partial charge in [-0.1, -0.05) is 6.07 Å². The highest BCUT2D eigenvalue weighted by Crippen LogP contribution is 2.35. The van der Waals surface area contributed by atoms with Crippen molar-refractivity contribution in [1.82, 2.24) is 20.1 Å². The maximum atomic E-state index is 15.3. The maximum absolute atomic E-state index is 15.3. The molecule has 0 aliphatic carbocycles. The number of likely N-dealkylation sites (tertiary alicyclic amines) is 1. The fraction of sp³-hybridized carbons (Fsp3) is 0.412. The van der Waals surface area contributed by atoms with Gasteiger partial charge in [0, 0.05) is 56.1 Å². The van der Waals surface area contributed by atoms with Gasteiger partial charge in [0.05, 0.1) is 23.8 Å². The van der Waals surface area contributed by atoms with E-state index in [0.29, 0.717) is 22.4 Å². The third-order valence-electron chi connectivity index (χ3n) is 8.95. The van der Waals surface area contributed by atoms with E-state index in [0.717, 1.165) is 23.1 Å². The number of alkyl halides is 5. The van der Waals surface area contributed by atoms with E-state index >= 15 is 8.78 Å². The van der Waals surface area contributed by atoms with E-state index in [9.17, 15) is 36.7 Å². The van der Waals surface area contributed by atoms with Crippen molar-refractivity contribution in [2.45, 2.75) is 57.5 Å². The first-order chi connectivity index (χ1) is 23.9. The second-order valence-corrected chi connectivity index (χ2v) is 12.5. The third-order valence-corrected chi connectivity index (χ3v) is 8.95. The van der Waals surface area contributed by atoms with Crippen LogP contribution in [0.1, 0.15) is 40.7 Å². The number of pyridine rings is 1. The number of anilines is 2. The van der Waals surface area contributed by atoms with Crippen LogP contribution in [0.2, 0.25) is 0 Å². The standard InChI is InChI=1S/C34H36F6N6O5/c1-18-19(2)31(49)45(3)16-23(18)20-4-6-22(27(14-20)51-34(38,39)40)32(50)46-13-10-28(33(36,37)17-46)42-12-11-41-25-7-5-21(15-24(25)35)43-26-8-9-29(47)44-30(26)48/h4-7,14-16,26,28,41-43H,8-13,17H2,1-3H3,(H,44,47,48). The lowest BCUT2D eigenvalue weighted by Gasteiger charge is -2.39. The van der Waals surface area contributed by atoms with Crippen LogP contribution in [0.5, 0.6) is 5.75 Å². The van der Waals surface area contributed by atoms with Gasteiger partial charge in [0.15, 0.2) is 0 Å². The van der Waals surface area contributed by atoms with Crippen molar-refractivity contribution >= 4 is 29.1 Å². The number of nitrogens with one attached hydrogen (secondary N) is 4. The molecular weight excluding hydrogens is 686 g/mol. The summed E-state index contributed by atoms with van der Waals surface area (Å²) in [4.78, 5) is 49.7. The Balaban J connectivity index is 1.19. The Morgan fingerprint density at radius 3 is 2.45 bits per heavy atom. The number of hydrogen-bond donors (Lipinski definition) is 4. The summed E-state index contributed by atoms with van der Waals surface area (Å²) in [6.45, 7) is 1.98. The van der Waals surface area contributed by atoms with Crippen LogP contribution in [-0.4, -0.2) is 77.7 Å². The summed E-state index contributed by atoms with van der Waals surface area (Å²) in [7, 11) is 1.49. The maximum Gasteiger partial charge on any atom is 0.573 e. The van der Waals surface area contributed by atoms with Gasteiger partial charge in [-0.3, -0.25) is 24.5 Å². The summed E-state index contributed by atoms with van der Waals surface area (Å²) in [6, 6.07) is 5.47. The lowest BCUT2D eigenvalue weighted by molar-refractivity contribution is -0.274. The molecule has 0 saturated carbocycles. The highest BCUT2D eigenvalue weighted by Gasteiger charge is 2.46. The van der Waals surface area contributed by atoms with Crippen LogP contribution in [0.15, 0.2) is 47.4 Å². The second-order valence-electron chi connectivity index (χ2n) is 12.5. The summed E-state index contributed by atoms with van der Waals surface area (Å²) in [5.41, 5.74) is 1.11. The van der Waals surface area contributed by atoms with E-state index in [1.807, 2.05) is 0 Å². The molecule has 1 aromatic heterocycles. The van der Waals surface area contributed by atoms with Crippen LogP contribution < -0.4 is 31.6 Å². The molecule has 3 aromatic rings. The van der Waals surface area contributed by atoms with E-state index in [4.69, 9.17) is 0 Å². The topological polar surface area (TPSA) is 134 Å². The van der Waals surface area contributed by atoms with Gasteiger partial charge >= 0.3 is 6.36 Å². The minimum absolute atomic E-state index is 0.0150. The van der Waals surface area contributed by atoms with Crippen LogP contribution in [0.3, 0.4) is 0 Å². The average Bonchev–Trinajstić information content (AvgIpc) is 3.05. The summed E-state index contributed by atoms with van der Waals surface area (Å²) in [5, 5.41) is 10.6. The summed E-state index contributed by atoms with van der Waals surface area (Å²) < 4.78 is 91.0. The molecule has 2 aliphatic rings. The fourth-order valence-corrected chi connectivity index (χ4v) is 6.10. The monoisotopic (exact) mass is 722 g/mol. The largest absolute Gasteiger partial charge is 0.573 e. The van der Waals surface area contributed by atoms with Gasteiger partial charge in [-0.2, -0.15) is 0 Å². The van der Waals surface area contributed by atoms with Crippen molar-refractivity contribution in [2.24, 2.45) is 7.05 Å². The van der Waals surface area contributed by atoms with Crippen molar-refractivity contribution in [1.29, 1.82) is 0 Å². The smallest absolute Gasteiger partial charge is 0.405 e. The van der Waals surface area contributed by atoms with Gasteiger partial charge in [-0.15, -0.1) is 13.2 Å². The molecule has 51 heavy (non-hydrogen) atoms. The van der Waals surface area contributed by atoms with E-state index in [-0.39, 0.29) is 61.6 Å². The SMILES string of the molecule is Cc1c(-c2ccc(C(=O)N3CCC(NCCNc4ccc(NC5CCC(=O)NC5=O)cc4F)C(F)(F)C3)c(OC(F)(F)F)c2)cn(C)c(=O)c1C. The molecule has 0 bridgehead atoms. The lowest BCUT2D eigenvalue weighted by atomic mass is 9.96. The molecule has 4 N–H and O–H groups in total. The summed E-state index contributed by atoms with van der Waals surface area (Å²) in [6.07, 6.45) is -3.55. The second kappa shape index (κ2) is 14.7. The van der Waals surface area contributed by atoms with E-state index < -0.39 is 59.9 Å². The van der Waals surface area contributed by atoms with Crippen LogP contribution >= 0.6 is 0 Å². The third kappa shape index (κ3) is 8.64. The zero-order chi connectivity index (χ0) is 37.2. The number of rotatable bonds is 10. The molecule has 2 unspecified atom stereocenters. The number of amides is 3. The van der Waals surface area contributed by atoms with Gasteiger partial charge < -0.3 is 30.2 Å². The van der Waals surface area contributed by atoms with Crippen molar-refractivity contribution in [3.8, 4) is 16.9 Å². The number of aryl methyl sites for hydroxylation is 1. The summed E-state index contributed by atoms with van der Waals surface area (Å²) >= 11 is 0. The highest BCUT2D eigenvalue weighted by atomic mass is 19.4. The number of ether oxygens (including phenoxy) is 1. The van der Waals surface area contributed by atoms with Crippen molar-refractivity contribution in [3.63, 3.8) is 0 Å². The number of imide groups is 1. The summed E-state index contributed by atoms with van der Waals surface area (Å²) in [5.74, 6) is -6.94. The number of piperidine rings is 2. The average molecular weight is 723 g/mol. The van der Waals surface area contributed by atoms with Crippen molar-refractivity contribution in [3.05, 3.63) is 75.5 Å². The Hall–Kier alpha value is -5.06. The highest BCUT2D eigenvalue weighted by molar-refractivity contribution is 6.01. The normalized spacial score (nSPS) is 19.0. The molecule has 3 heterocycles. The minimum Gasteiger partial charge on any atom is -0.405 e. The van der Waals surface area contributed by atoms with Crippen LogP contribution in [-0.2, 0) is 16.6 Å². The number of nitrogens with zero attached hydrogens (tertiary/aromatic N) is 2. The van der Waals surface area contributed by atoms with Gasteiger partial charge in [-0.25, -0.2) is 13.2 Å². The molecule has 2 aromatic carbocycles. The molecule has 2 aliphatic heterocycles. The number of carbonyl (C=O) groups excluding carboxylic acids is 3. The molecule has 0 spiro atoms. The Bertz CT molecular complexity index is 1900. The number of carbonyl (C=O) groups is 3. The lowest BCUT2D eigenvalue weighted by Crippen LogP contribution is -2.58. The zero-order valence-corrected chi connectivity index (χ0v) is 27.8. The molecule has 2 fully saturated rings. The molecule has 2 saturated heterocycles. The molecule has 3 amide bonds. The number of aromatic nitrogens is 1. The first kappa shape index (κ1) is 37.2. The van der Waals surface area contributed by atoms with Crippen molar-refractivity contribution in [2.75, 3.05) is 36.8 Å². The van der Waals surface area contributed by atoms with Gasteiger partial charge in [0.1, 0.15) is 17.6 Å². The Morgan fingerprint density at radius 2 is 1.78 bits per heavy atom. The van der Waals surface area contributed by atoms with Crippen LogP contribution in [0, 0.1) is 19.7 Å². The van der Waals surface area contributed by atoms with E-state index in [1.54, 1.807) is 13.8 Å². The van der Waals surface area contributed by atoms with Gasteiger partial charge in [0.25, 0.3) is 17.4 Å². The molecule has 2 atom stereocenters. The Labute approximate surface area is 288 Å². The zero-order valence-electron chi connectivity index (χ0n) is 27.8. The van der Waals surface area contributed by atoms with Crippen LogP contribution in [0.25, 0.3) is 11.1 Å². The Morgan fingerprint density at radius 1 is 1.04 bits per heavy atom. The van der Waals surface area contributed by atoms with Gasteiger partial charge in [0.2, 0.25) is 11.8 Å². The molecule has 274 valence electrons. The first-order valence-corrected chi connectivity index (χ1v) is 16.0. The predicted octanol–water partition coefficient (Wildman–Crippen LogP) is 4.48. The molecule has 17 heteroatoms. The number of hydrogen-bond acceptors (Lipinski definition) is 8.